The molecule has 0 aromatic heterocycles. The molecular weight excluding hydrogens is 275 g/mol. The summed E-state index contributed by atoms with van der Waals surface area (Å²) in [6, 6.07) is 2.27. The highest BCUT2D eigenvalue weighted by atomic mass is 79.9. The average molecular weight is 284 g/mol. The van der Waals surface area contributed by atoms with Gasteiger partial charge in [-0.05, 0) is 28.1 Å². The number of hydrogen-bond acceptors (Lipinski definition) is 2. The van der Waals surface area contributed by atoms with Crippen LogP contribution in [0.5, 0.6) is 5.75 Å². The molecule has 0 unspecified atom stereocenters. The molecule has 84 valence electrons. The van der Waals surface area contributed by atoms with Crippen LogP contribution in [0.4, 0.5) is 13.2 Å². The maximum absolute atomic E-state index is 12.6. The summed E-state index contributed by atoms with van der Waals surface area (Å²) in [5.41, 5.74) is 4.49. The lowest BCUT2D eigenvalue weighted by Crippen LogP contribution is -2.13. The van der Waals surface area contributed by atoms with E-state index >= 15 is 0 Å². The minimum Gasteiger partial charge on any atom is -0.495 e. The van der Waals surface area contributed by atoms with Crippen molar-refractivity contribution in [2.75, 3.05) is 7.11 Å². The molecule has 1 rings (SSSR count). The summed E-state index contributed by atoms with van der Waals surface area (Å²) in [6.07, 6.45) is -4.41. The van der Waals surface area contributed by atoms with Crippen LogP contribution in [0.1, 0.15) is 11.1 Å². The zero-order chi connectivity index (χ0) is 11.6. The van der Waals surface area contributed by atoms with Crippen molar-refractivity contribution in [1.29, 1.82) is 0 Å². The third-order valence-corrected chi connectivity index (χ3v) is 2.55. The van der Waals surface area contributed by atoms with Crippen LogP contribution in [0.3, 0.4) is 0 Å². The number of benzene rings is 1. The molecule has 0 atom stereocenters. The first-order valence-corrected chi connectivity index (χ1v) is 4.83. The van der Waals surface area contributed by atoms with Crippen molar-refractivity contribution in [1.82, 2.24) is 0 Å². The highest BCUT2D eigenvalue weighted by molar-refractivity contribution is 9.10. The number of ether oxygens (including phenoxy) is 1. The number of alkyl halides is 3. The molecule has 0 aliphatic carbocycles. The zero-order valence-electron chi connectivity index (χ0n) is 7.86. The first kappa shape index (κ1) is 12.3. The first-order valence-electron chi connectivity index (χ1n) is 4.04. The molecule has 0 radical (unpaired) electrons. The summed E-state index contributed by atoms with van der Waals surface area (Å²) in [5, 5.41) is 0. The van der Waals surface area contributed by atoms with Crippen LogP contribution in [-0.2, 0) is 12.7 Å². The maximum Gasteiger partial charge on any atom is 0.416 e. The monoisotopic (exact) mass is 283 g/mol. The Labute approximate surface area is 93.3 Å². The van der Waals surface area contributed by atoms with Crippen molar-refractivity contribution in [2.24, 2.45) is 5.73 Å². The van der Waals surface area contributed by atoms with Gasteiger partial charge in [-0.15, -0.1) is 0 Å². The van der Waals surface area contributed by atoms with Crippen LogP contribution in [0.25, 0.3) is 0 Å². The molecule has 0 bridgehead atoms. The van der Waals surface area contributed by atoms with Crippen molar-refractivity contribution in [3.63, 3.8) is 0 Å². The lowest BCUT2D eigenvalue weighted by molar-refractivity contribution is -0.138. The Bertz CT molecular complexity index is 365. The van der Waals surface area contributed by atoms with Gasteiger partial charge in [0.1, 0.15) is 5.75 Å². The van der Waals surface area contributed by atoms with Gasteiger partial charge in [0, 0.05) is 12.1 Å². The normalized spacial score (nSPS) is 11.6. The Kier molecular flexibility index (Phi) is 3.62. The van der Waals surface area contributed by atoms with Gasteiger partial charge in [-0.3, -0.25) is 0 Å². The Morgan fingerprint density at radius 1 is 1.40 bits per heavy atom. The Morgan fingerprint density at radius 3 is 2.40 bits per heavy atom. The Morgan fingerprint density at radius 2 is 2.00 bits per heavy atom. The standard InChI is InChI=1S/C9H9BrF3NO/c1-15-8-5(4-14)6(9(11,12)13)2-3-7(8)10/h2-3H,4,14H2,1H3. The van der Waals surface area contributed by atoms with Crippen LogP contribution < -0.4 is 10.5 Å². The quantitative estimate of drug-likeness (QED) is 0.906. The number of hydrogen-bond donors (Lipinski definition) is 1. The van der Waals surface area contributed by atoms with Crippen molar-refractivity contribution < 1.29 is 17.9 Å². The van der Waals surface area contributed by atoms with Crippen LogP contribution in [-0.4, -0.2) is 7.11 Å². The third-order valence-electron chi connectivity index (χ3n) is 1.93. The van der Waals surface area contributed by atoms with Crippen LogP contribution in [0, 0.1) is 0 Å². The molecule has 0 amide bonds. The highest BCUT2D eigenvalue weighted by Crippen LogP contribution is 2.39. The summed E-state index contributed by atoms with van der Waals surface area (Å²) >= 11 is 3.10. The van der Waals surface area contributed by atoms with Crippen molar-refractivity contribution in [2.45, 2.75) is 12.7 Å². The average Bonchev–Trinajstić information content (AvgIpc) is 2.15. The molecule has 0 saturated carbocycles. The van der Waals surface area contributed by atoms with E-state index in [9.17, 15) is 13.2 Å². The number of methoxy groups -OCH3 is 1. The van der Waals surface area contributed by atoms with Gasteiger partial charge in [0.05, 0.1) is 17.1 Å². The zero-order valence-corrected chi connectivity index (χ0v) is 9.45. The van der Waals surface area contributed by atoms with E-state index in [1.54, 1.807) is 0 Å². The summed E-state index contributed by atoms with van der Waals surface area (Å²) in [5.74, 6) is 0.132. The fourth-order valence-corrected chi connectivity index (χ4v) is 1.82. The molecule has 0 aliphatic rings. The molecule has 2 N–H and O–H groups in total. The van der Waals surface area contributed by atoms with Crippen molar-refractivity contribution in [3.8, 4) is 5.75 Å². The van der Waals surface area contributed by atoms with E-state index in [2.05, 4.69) is 15.9 Å². The minimum absolute atomic E-state index is 0.0422. The summed E-state index contributed by atoms with van der Waals surface area (Å²) in [6.45, 7) is -0.225. The fourth-order valence-electron chi connectivity index (χ4n) is 1.29. The molecular formula is C9H9BrF3NO. The Hall–Kier alpha value is -0.750. The minimum atomic E-state index is -4.41. The van der Waals surface area contributed by atoms with Gasteiger partial charge in [-0.1, -0.05) is 0 Å². The number of halogens is 4. The molecule has 6 heteroatoms. The molecule has 0 saturated heterocycles. The van der Waals surface area contributed by atoms with E-state index < -0.39 is 11.7 Å². The number of rotatable bonds is 2. The summed E-state index contributed by atoms with van der Waals surface area (Å²) < 4.78 is 43.0. The smallest absolute Gasteiger partial charge is 0.416 e. The van der Waals surface area contributed by atoms with Gasteiger partial charge in [0.15, 0.2) is 0 Å². The summed E-state index contributed by atoms with van der Waals surface area (Å²) in [4.78, 5) is 0. The number of nitrogens with two attached hydrogens (primary N) is 1. The predicted molar refractivity (Wildman–Crippen MR) is 53.6 cm³/mol. The van der Waals surface area contributed by atoms with E-state index in [1.807, 2.05) is 0 Å². The molecule has 0 heterocycles. The van der Waals surface area contributed by atoms with Gasteiger partial charge in [0.2, 0.25) is 0 Å². The molecule has 0 aliphatic heterocycles. The fraction of sp³-hybridized carbons (Fsp3) is 0.333. The van der Waals surface area contributed by atoms with E-state index in [0.29, 0.717) is 4.47 Å². The van der Waals surface area contributed by atoms with Gasteiger partial charge >= 0.3 is 6.18 Å². The molecule has 1 aromatic carbocycles. The van der Waals surface area contributed by atoms with Crippen molar-refractivity contribution in [3.05, 3.63) is 27.7 Å². The largest absolute Gasteiger partial charge is 0.495 e. The van der Waals surface area contributed by atoms with E-state index in [4.69, 9.17) is 10.5 Å². The van der Waals surface area contributed by atoms with Crippen LogP contribution in [0.2, 0.25) is 0 Å². The van der Waals surface area contributed by atoms with Gasteiger partial charge in [-0.25, -0.2) is 0 Å². The predicted octanol–water partition coefficient (Wildman–Crippen LogP) is 2.94. The second-order valence-electron chi connectivity index (χ2n) is 2.81. The second kappa shape index (κ2) is 4.40. The van der Waals surface area contributed by atoms with E-state index in [1.165, 1.54) is 13.2 Å². The van der Waals surface area contributed by atoms with Gasteiger partial charge < -0.3 is 10.5 Å². The third kappa shape index (κ3) is 2.43. The molecule has 15 heavy (non-hydrogen) atoms. The topological polar surface area (TPSA) is 35.2 Å². The molecule has 1 aromatic rings. The Balaban J connectivity index is 3.42. The highest BCUT2D eigenvalue weighted by Gasteiger charge is 2.34. The molecule has 2 nitrogen and oxygen atoms in total. The van der Waals surface area contributed by atoms with Crippen LogP contribution >= 0.6 is 15.9 Å². The van der Waals surface area contributed by atoms with E-state index in [-0.39, 0.29) is 17.9 Å². The van der Waals surface area contributed by atoms with Gasteiger partial charge in [0.25, 0.3) is 0 Å². The van der Waals surface area contributed by atoms with E-state index in [0.717, 1.165) is 6.07 Å². The second-order valence-corrected chi connectivity index (χ2v) is 3.66. The lowest BCUT2D eigenvalue weighted by atomic mass is 10.1. The molecule has 0 fully saturated rings. The van der Waals surface area contributed by atoms with Crippen molar-refractivity contribution >= 4 is 15.9 Å². The molecule has 0 spiro atoms. The summed E-state index contributed by atoms with van der Waals surface area (Å²) in [7, 11) is 1.30. The lowest BCUT2D eigenvalue weighted by Gasteiger charge is -2.16. The first-order chi connectivity index (χ1) is 6.91. The SMILES string of the molecule is COc1c(Br)ccc(C(F)(F)F)c1CN. The van der Waals surface area contributed by atoms with Crippen LogP contribution in [0.15, 0.2) is 16.6 Å². The maximum atomic E-state index is 12.6. The van der Waals surface area contributed by atoms with Gasteiger partial charge in [-0.2, -0.15) is 13.2 Å².